The smallest absolute Gasteiger partial charge is 0.287 e. The van der Waals surface area contributed by atoms with Crippen LogP contribution in [0.3, 0.4) is 0 Å². The molecule has 0 saturated heterocycles. The number of aryl methyl sites for hydroxylation is 1. The summed E-state index contributed by atoms with van der Waals surface area (Å²) >= 11 is 0. The second-order valence-electron chi connectivity index (χ2n) is 7.08. The minimum atomic E-state index is -0.00977. The lowest BCUT2D eigenvalue weighted by Gasteiger charge is -2.56. The van der Waals surface area contributed by atoms with Gasteiger partial charge in [0.15, 0.2) is 5.76 Å². The predicted octanol–water partition coefficient (Wildman–Crippen LogP) is 3.29. The van der Waals surface area contributed by atoms with Crippen molar-refractivity contribution < 1.29 is 9.21 Å². The highest BCUT2D eigenvalue weighted by atomic mass is 16.3. The summed E-state index contributed by atoms with van der Waals surface area (Å²) in [5.41, 5.74) is 1.01. The van der Waals surface area contributed by atoms with Crippen molar-refractivity contribution in [1.82, 2.24) is 5.32 Å². The van der Waals surface area contributed by atoms with Crippen LogP contribution in [0.25, 0.3) is 0 Å². The van der Waals surface area contributed by atoms with Crippen LogP contribution in [0.5, 0.6) is 0 Å². The van der Waals surface area contributed by atoms with Gasteiger partial charge in [0.2, 0.25) is 0 Å². The lowest BCUT2D eigenvalue weighted by Crippen LogP contribution is -2.59. The maximum Gasteiger partial charge on any atom is 0.287 e. The van der Waals surface area contributed by atoms with Crippen LogP contribution in [0.2, 0.25) is 0 Å². The molecule has 1 aromatic rings. The molecule has 0 aromatic carbocycles. The predicted molar refractivity (Wildman–Crippen MR) is 71.8 cm³/mol. The first-order valence-electron chi connectivity index (χ1n) is 7.50. The Kier molecular flexibility index (Phi) is 2.36. The van der Waals surface area contributed by atoms with E-state index >= 15 is 0 Å². The fourth-order valence-corrected chi connectivity index (χ4v) is 5.17. The zero-order valence-corrected chi connectivity index (χ0v) is 11.4. The average Bonchev–Trinajstić information content (AvgIpc) is 2.72. The van der Waals surface area contributed by atoms with Crippen LogP contribution < -0.4 is 5.32 Å². The molecule has 102 valence electrons. The number of hydrogen-bond acceptors (Lipinski definition) is 2. The first kappa shape index (κ1) is 11.6. The summed E-state index contributed by atoms with van der Waals surface area (Å²) in [5, 5.41) is 3.34. The van der Waals surface area contributed by atoms with E-state index in [9.17, 15) is 4.79 Å². The lowest BCUT2D eigenvalue weighted by molar-refractivity contribution is -0.0171. The molecular weight excluding hydrogens is 238 g/mol. The van der Waals surface area contributed by atoms with Gasteiger partial charge in [0, 0.05) is 11.1 Å². The second-order valence-corrected chi connectivity index (χ2v) is 7.08. The Morgan fingerprint density at radius 2 is 1.79 bits per heavy atom. The van der Waals surface area contributed by atoms with Crippen LogP contribution in [0.15, 0.2) is 16.7 Å². The number of furan rings is 1. The van der Waals surface area contributed by atoms with Crippen molar-refractivity contribution in [1.29, 1.82) is 0 Å². The number of carbonyl (C=O) groups excluding carboxylic acids is 1. The zero-order chi connectivity index (χ0) is 13.0. The largest absolute Gasteiger partial charge is 0.459 e. The Bertz CT molecular complexity index is 481. The van der Waals surface area contributed by atoms with E-state index in [0.29, 0.717) is 5.76 Å². The van der Waals surface area contributed by atoms with E-state index in [4.69, 9.17) is 4.42 Å². The van der Waals surface area contributed by atoms with Crippen LogP contribution in [0.1, 0.15) is 54.6 Å². The molecule has 0 spiro atoms. The van der Waals surface area contributed by atoms with E-state index in [0.717, 1.165) is 23.3 Å². The standard InChI is InChI=1S/C16H21NO2/c1-10-2-3-19-14(10)15(18)17-16-7-11-4-12(8-16)6-13(5-11)9-16/h2-3,11-13H,4-9H2,1H3,(H,17,18). The Hall–Kier alpha value is -1.25. The summed E-state index contributed by atoms with van der Waals surface area (Å²) in [5.74, 6) is 3.04. The van der Waals surface area contributed by atoms with Gasteiger partial charge in [-0.1, -0.05) is 0 Å². The van der Waals surface area contributed by atoms with Gasteiger partial charge < -0.3 is 9.73 Å². The molecule has 4 fully saturated rings. The average molecular weight is 259 g/mol. The van der Waals surface area contributed by atoms with Crippen molar-refractivity contribution in [2.45, 2.75) is 51.0 Å². The highest BCUT2D eigenvalue weighted by molar-refractivity contribution is 5.93. The van der Waals surface area contributed by atoms with Crippen LogP contribution in [0, 0.1) is 24.7 Å². The molecule has 1 N–H and O–H groups in total. The van der Waals surface area contributed by atoms with Crippen LogP contribution in [-0.4, -0.2) is 11.4 Å². The third-order valence-corrected chi connectivity index (χ3v) is 5.49. The molecule has 0 atom stereocenters. The summed E-state index contributed by atoms with van der Waals surface area (Å²) in [6.07, 6.45) is 9.35. The number of hydrogen-bond donors (Lipinski definition) is 1. The topological polar surface area (TPSA) is 42.2 Å². The number of carbonyl (C=O) groups is 1. The Labute approximate surface area is 113 Å². The van der Waals surface area contributed by atoms with E-state index in [-0.39, 0.29) is 11.4 Å². The van der Waals surface area contributed by atoms with Gasteiger partial charge in [-0.3, -0.25) is 4.79 Å². The van der Waals surface area contributed by atoms with E-state index < -0.39 is 0 Å². The minimum Gasteiger partial charge on any atom is -0.459 e. The number of amides is 1. The van der Waals surface area contributed by atoms with Crippen LogP contribution >= 0.6 is 0 Å². The van der Waals surface area contributed by atoms with E-state index in [2.05, 4.69) is 5.32 Å². The van der Waals surface area contributed by atoms with Gasteiger partial charge in [-0.15, -0.1) is 0 Å². The third kappa shape index (κ3) is 1.82. The van der Waals surface area contributed by atoms with E-state index in [1.807, 2.05) is 13.0 Å². The summed E-state index contributed by atoms with van der Waals surface area (Å²) in [7, 11) is 0. The Balaban J connectivity index is 1.56. The van der Waals surface area contributed by atoms with Crippen molar-refractivity contribution in [3.05, 3.63) is 23.7 Å². The maximum atomic E-state index is 12.4. The SMILES string of the molecule is Cc1ccoc1C(=O)NC12CC3CC(CC(C3)C1)C2. The van der Waals surface area contributed by atoms with Crippen LogP contribution in [0.4, 0.5) is 0 Å². The summed E-state index contributed by atoms with van der Waals surface area (Å²) < 4.78 is 5.33. The summed E-state index contributed by atoms with van der Waals surface area (Å²) in [4.78, 5) is 12.4. The molecule has 1 amide bonds. The van der Waals surface area contributed by atoms with Gasteiger partial charge in [-0.2, -0.15) is 0 Å². The molecule has 4 bridgehead atoms. The number of rotatable bonds is 2. The van der Waals surface area contributed by atoms with Gasteiger partial charge in [0.1, 0.15) is 0 Å². The molecule has 0 aliphatic heterocycles. The molecule has 4 aliphatic rings. The molecule has 3 nitrogen and oxygen atoms in total. The zero-order valence-electron chi connectivity index (χ0n) is 11.4. The summed E-state index contributed by atoms with van der Waals surface area (Å²) in [6, 6.07) is 1.86. The maximum absolute atomic E-state index is 12.4. The van der Waals surface area contributed by atoms with Gasteiger partial charge >= 0.3 is 0 Å². The van der Waals surface area contributed by atoms with Gasteiger partial charge in [-0.25, -0.2) is 0 Å². The quantitative estimate of drug-likeness (QED) is 0.885. The molecule has 1 heterocycles. The number of nitrogens with one attached hydrogen (secondary N) is 1. The highest BCUT2D eigenvalue weighted by Gasteiger charge is 2.51. The Morgan fingerprint density at radius 3 is 2.26 bits per heavy atom. The molecule has 5 rings (SSSR count). The lowest BCUT2D eigenvalue weighted by atomic mass is 9.53. The molecule has 4 saturated carbocycles. The third-order valence-electron chi connectivity index (χ3n) is 5.49. The molecule has 4 aliphatic carbocycles. The monoisotopic (exact) mass is 259 g/mol. The van der Waals surface area contributed by atoms with Crippen molar-refractivity contribution in [2.75, 3.05) is 0 Å². The molecule has 1 aromatic heterocycles. The van der Waals surface area contributed by atoms with Gasteiger partial charge in [-0.05, 0) is 69.3 Å². The Morgan fingerprint density at radius 1 is 1.21 bits per heavy atom. The van der Waals surface area contributed by atoms with E-state index in [1.165, 1.54) is 38.5 Å². The molecule has 0 radical (unpaired) electrons. The van der Waals surface area contributed by atoms with Gasteiger partial charge in [0.25, 0.3) is 5.91 Å². The minimum absolute atomic E-state index is 0.00977. The molecule has 0 unspecified atom stereocenters. The molecule has 19 heavy (non-hydrogen) atoms. The normalized spacial score (nSPS) is 39.5. The van der Waals surface area contributed by atoms with E-state index in [1.54, 1.807) is 6.26 Å². The first-order chi connectivity index (χ1) is 9.13. The van der Waals surface area contributed by atoms with Crippen molar-refractivity contribution >= 4 is 5.91 Å². The van der Waals surface area contributed by atoms with Crippen molar-refractivity contribution in [2.24, 2.45) is 17.8 Å². The van der Waals surface area contributed by atoms with Crippen molar-refractivity contribution in [3.63, 3.8) is 0 Å². The first-order valence-corrected chi connectivity index (χ1v) is 7.50. The summed E-state index contributed by atoms with van der Waals surface area (Å²) in [6.45, 7) is 1.93. The highest BCUT2D eigenvalue weighted by Crippen LogP contribution is 2.55. The fourth-order valence-electron chi connectivity index (χ4n) is 5.17. The van der Waals surface area contributed by atoms with Crippen LogP contribution in [-0.2, 0) is 0 Å². The molecular formula is C16H21NO2. The molecule has 3 heteroatoms. The second kappa shape index (κ2) is 3.87. The fraction of sp³-hybridized carbons (Fsp3) is 0.688. The van der Waals surface area contributed by atoms with Crippen molar-refractivity contribution in [3.8, 4) is 0 Å². The van der Waals surface area contributed by atoms with Gasteiger partial charge in [0.05, 0.1) is 6.26 Å².